The van der Waals surface area contributed by atoms with Crippen LogP contribution < -0.4 is 0 Å². The maximum atomic E-state index is 10.8. The second-order valence-electron chi connectivity index (χ2n) is 5.09. The van der Waals surface area contributed by atoms with E-state index in [1.165, 1.54) is 11.8 Å². The lowest BCUT2D eigenvalue weighted by molar-refractivity contribution is -0.133. The molecule has 2 aromatic rings. The van der Waals surface area contributed by atoms with Crippen LogP contribution >= 0.6 is 11.8 Å². The molecule has 1 aliphatic rings. The van der Waals surface area contributed by atoms with E-state index in [4.69, 9.17) is 9.84 Å². The molecule has 0 radical (unpaired) electrons. The van der Waals surface area contributed by atoms with Crippen LogP contribution in [0.4, 0.5) is 0 Å². The molecule has 3 rings (SSSR count). The Kier molecular flexibility index (Phi) is 4.40. The van der Waals surface area contributed by atoms with Crippen molar-refractivity contribution in [1.82, 2.24) is 14.5 Å². The monoisotopic (exact) mass is 307 g/mol. The van der Waals surface area contributed by atoms with Gasteiger partial charge in [0, 0.05) is 26.0 Å². The number of hydrogen-bond acceptors (Lipinski definition) is 5. The summed E-state index contributed by atoms with van der Waals surface area (Å²) in [7, 11) is 0. The normalized spacial score (nSPS) is 16.4. The van der Waals surface area contributed by atoms with Crippen LogP contribution in [0.15, 0.2) is 23.5 Å². The molecule has 0 bridgehead atoms. The van der Waals surface area contributed by atoms with Crippen molar-refractivity contribution in [3.63, 3.8) is 0 Å². The third-order valence-electron chi connectivity index (χ3n) is 3.58. The van der Waals surface area contributed by atoms with Crippen molar-refractivity contribution in [1.29, 1.82) is 0 Å². The fourth-order valence-electron chi connectivity index (χ4n) is 2.53. The number of nitrogens with zero attached hydrogens (tertiary/aromatic N) is 3. The fourth-order valence-corrected chi connectivity index (χ4v) is 3.26. The second kappa shape index (κ2) is 6.44. The second-order valence-corrected chi connectivity index (χ2v) is 6.03. The largest absolute Gasteiger partial charge is 0.481 e. The maximum Gasteiger partial charge on any atom is 0.313 e. The van der Waals surface area contributed by atoms with Gasteiger partial charge >= 0.3 is 5.97 Å². The summed E-state index contributed by atoms with van der Waals surface area (Å²) >= 11 is 1.25. The Balaban J connectivity index is 1.88. The molecule has 2 aromatic heterocycles. The predicted molar refractivity (Wildman–Crippen MR) is 79.4 cm³/mol. The summed E-state index contributed by atoms with van der Waals surface area (Å²) in [6.07, 6.45) is 3.79. The summed E-state index contributed by atoms with van der Waals surface area (Å²) in [6.45, 7) is 2.41. The fraction of sp³-hybridized carbons (Fsp3) is 0.500. The number of thioether (sulfide) groups is 1. The molecule has 1 saturated heterocycles. The summed E-state index contributed by atoms with van der Waals surface area (Å²) in [5.74, 6) is -0.295. The summed E-state index contributed by atoms with van der Waals surface area (Å²) in [4.78, 5) is 19.7. The molecule has 1 aliphatic heterocycles. The van der Waals surface area contributed by atoms with Crippen molar-refractivity contribution >= 4 is 28.9 Å². The lowest BCUT2D eigenvalue weighted by Gasteiger charge is -2.23. The minimum Gasteiger partial charge on any atom is -0.481 e. The van der Waals surface area contributed by atoms with Crippen LogP contribution in [0.25, 0.3) is 11.2 Å². The Labute approximate surface area is 126 Å². The maximum absolute atomic E-state index is 10.8. The van der Waals surface area contributed by atoms with Crippen molar-refractivity contribution in [2.24, 2.45) is 5.92 Å². The predicted octanol–water partition coefficient (Wildman–Crippen LogP) is 2.03. The molecule has 0 amide bonds. The minimum absolute atomic E-state index is 0.0110. The van der Waals surface area contributed by atoms with Gasteiger partial charge in [0.25, 0.3) is 0 Å². The van der Waals surface area contributed by atoms with E-state index in [2.05, 4.69) is 14.5 Å². The molecule has 0 saturated carbocycles. The van der Waals surface area contributed by atoms with Crippen molar-refractivity contribution in [3.8, 4) is 0 Å². The van der Waals surface area contributed by atoms with Crippen LogP contribution in [-0.4, -0.2) is 44.6 Å². The number of fused-ring (bicyclic) bond motifs is 1. The first-order chi connectivity index (χ1) is 10.2. The zero-order valence-electron chi connectivity index (χ0n) is 11.6. The number of aliphatic carboxylic acids is 1. The van der Waals surface area contributed by atoms with Gasteiger partial charge in [-0.2, -0.15) is 0 Å². The highest BCUT2D eigenvalue weighted by atomic mass is 32.2. The van der Waals surface area contributed by atoms with Crippen molar-refractivity contribution in [2.45, 2.75) is 24.5 Å². The Morgan fingerprint density at radius 2 is 2.29 bits per heavy atom. The van der Waals surface area contributed by atoms with Crippen LogP contribution in [0.3, 0.4) is 0 Å². The van der Waals surface area contributed by atoms with Crippen LogP contribution in [0, 0.1) is 5.92 Å². The quantitative estimate of drug-likeness (QED) is 0.852. The van der Waals surface area contributed by atoms with Gasteiger partial charge in [-0.15, -0.1) is 0 Å². The molecule has 6 nitrogen and oxygen atoms in total. The van der Waals surface area contributed by atoms with Gasteiger partial charge in [-0.25, -0.2) is 9.97 Å². The van der Waals surface area contributed by atoms with E-state index in [1.54, 1.807) is 6.20 Å². The Hall–Kier alpha value is -1.60. The number of aromatic nitrogens is 3. The summed E-state index contributed by atoms with van der Waals surface area (Å²) in [5, 5.41) is 9.61. The smallest absolute Gasteiger partial charge is 0.313 e. The first-order valence-corrected chi connectivity index (χ1v) is 7.96. The van der Waals surface area contributed by atoms with E-state index in [0.717, 1.165) is 48.9 Å². The molecule has 0 aromatic carbocycles. The van der Waals surface area contributed by atoms with Crippen molar-refractivity contribution in [2.75, 3.05) is 19.0 Å². The summed E-state index contributed by atoms with van der Waals surface area (Å²) < 4.78 is 7.45. The summed E-state index contributed by atoms with van der Waals surface area (Å²) in [6, 6.07) is 3.76. The molecule has 0 spiro atoms. The van der Waals surface area contributed by atoms with Gasteiger partial charge in [0.2, 0.25) is 0 Å². The standard InChI is InChI=1S/C14H17N3O3S/c18-12(19)9-21-14-16-11-2-1-5-15-13(11)17(14)8-10-3-6-20-7-4-10/h1-2,5,10H,3-4,6-9H2,(H,18,19). The van der Waals surface area contributed by atoms with Crippen LogP contribution in [0.5, 0.6) is 0 Å². The van der Waals surface area contributed by atoms with Crippen molar-refractivity contribution in [3.05, 3.63) is 18.3 Å². The molecule has 112 valence electrons. The number of imidazole rings is 1. The number of carboxylic acids is 1. The Morgan fingerprint density at radius 3 is 3.05 bits per heavy atom. The SMILES string of the molecule is O=C(O)CSc1nc2cccnc2n1CC1CCOCC1. The van der Waals surface area contributed by atoms with Gasteiger partial charge in [-0.3, -0.25) is 4.79 Å². The average Bonchev–Trinajstić information content (AvgIpc) is 2.84. The Bertz CT molecular complexity index is 637. The van der Waals surface area contributed by atoms with Gasteiger partial charge in [-0.1, -0.05) is 11.8 Å². The molecule has 0 aliphatic carbocycles. The molecule has 3 heterocycles. The molecular weight excluding hydrogens is 290 g/mol. The topological polar surface area (TPSA) is 77.2 Å². The average molecular weight is 307 g/mol. The lowest BCUT2D eigenvalue weighted by Crippen LogP contribution is -2.21. The van der Waals surface area contributed by atoms with Crippen LogP contribution in [-0.2, 0) is 16.1 Å². The highest BCUT2D eigenvalue weighted by Gasteiger charge is 2.19. The van der Waals surface area contributed by atoms with E-state index in [0.29, 0.717) is 5.92 Å². The molecule has 1 N–H and O–H groups in total. The first kappa shape index (κ1) is 14.3. The van der Waals surface area contributed by atoms with E-state index >= 15 is 0 Å². The Morgan fingerprint density at radius 1 is 1.48 bits per heavy atom. The van der Waals surface area contributed by atoms with Crippen molar-refractivity contribution < 1.29 is 14.6 Å². The molecule has 21 heavy (non-hydrogen) atoms. The van der Waals surface area contributed by atoms with Crippen LogP contribution in [0.2, 0.25) is 0 Å². The number of pyridine rings is 1. The van der Waals surface area contributed by atoms with Crippen LogP contribution in [0.1, 0.15) is 12.8 Å². The van der Waals surface area contributed by atoms with Gasteiger partial charge in [0.15, 0.2) is 10.8 Å². The van der Waals surface area contributed by atoms with Gasteiger partial charge in [0.05, 0.1) is 5.75 Å². The number of ether oxygens (including phenoxy) is 1. The molecule has 0 atom stereocenters. The minimum atomic E-state index is -0.836. The number of carboxylic acid groups (broad SMARTS) is 1. The third kappa shape index (κ3) is 3.36. The molecule has 0 unspecified atom stereocenters. The summed E-state index contributed by atoms with van der Waals surface area (Å²) in [5.41, 5.74) is 1.65. The highest BCUT2D eigenvalue weighted by Crippen LogP contribution is 2.26. The van der Waals surface area contributed by atoms with Gasteiger partial charge in [0.1, 0.15) is 5.52 Å². The molecule has 1 fully saturated rings. The number of hydrogen-bond donors (Lipinski definition) is 1. The van der Waals surface area contributed by atoms with Gasteiger partial charge in [-0.05, 0) is 30.9 Å². The third-order valence-corrected chi connectivity index (χ3v) is 4.54. The van der Waals surface area contributed by atoms with E-state index < -0.39 is 5.97 Å². The highest BCUT2D eigenvalue weighted by molar-refractivity contribution is 7.99. The first-order valence-electron chi connectivity index (χ1n) is 6.97. The van der Waals surface area contributed by atoms with Gasteiger partial charge < -0.3 is 14.4 Å². The van der Waals surface area contributed by atoms with E-state index in [-0.39, 0.29) is 5.75 Å². The zero-order valence-corrected chi connectivity index (χ0v) is 12.4. The number of carbonyl (C=O) groups is 1. The lowest BCUT2D eigenvalue weighted by atomic mass is 10.0. The van der Waals surface area contributed by atoms with E-state index in [1.807, 2.05) is 12.1 Å². The van der Waals surface area contributed by atoms with E-state index in [9.17, 15) is 4.79 Å². The molecule has 7 heteroatoms. The molecular formula is C14H17N3O3S. The zero-order chi connectivity index (χ0) is 14.7. The number of rotatable bonds is 5.